The van der Waals surface area contributed by atoms with E-state index in [4.69, 9.17) is 11.0 Å². The number of aromatic nitrogens is 1. The van der Waals surface area contributed by atoms with Crippen molar-refractivity contribution in [3.8, 4) is 6.07 Å². The first kappa shape index (κ1) is 11.0. The van der Waals surface area contributed by atoms with Crippen LogP contribution in [0.5, 0.6) is 0 Å². The molecular formula is C13H12N4. The van der Waals surface area contributed by atoms with Crippen LogP contribution in [0.4, 0.5) is 17.2 Å². The number of pyridine rings is 1. The number of nitrogens with two attached hydrogens (primary N) is 1. The number of nitrogen functional groups attached to an aromatic ring is 1. The van der Waals surface area contributed by atoms with Crippen molar-refractivity contribution in [2.75, 3.05) is 11.1 Å². The average Bonchev–Trinajstić information content (AvgIpc) is 2.31. The molecule has 0 spiro atoms. The van der Waals surface area contributed by atoms with Crippen LogP contribution in [0.2, 0.25) is 0 Å². The Kier molecular flexibility index (Phi) is 2.93. The van der Waals surface area contributed by atoms with Crippen LogP contribution >= 0.6 is 0 Å². The van der Waals surface area contributed by atoms with Gasteiger partial charge in [-0.1, -0.05) is 0 Å². The van der Waals surface area contributed by atoms with Gasteiger partial charge < -0.3 is 11.1 Å². The zero-order chi connectivity index (χ0) is 12.3. The minimum Gasteiger partial charge on any atom is -0.399 e. The predicted octanol–water partition coefficient (Wildman–Crippen LogP) is 2.59. The molecule has 2 aromatic rings. The van der Waals surface area contributed by atoms with Gasteiger partial charge in [-0.2, -0.15) is 5.26 Å². The van der Waals surface area contributed by atoms with Gasteiger partial charge in [0, 0.05) is 17.1 Å². The van der Waals surface area contributed by atoms with Gasteiger partial charge in [0.05, 0.1) is 11.6 Å². The summed E-state index contributed by atoms with van der Waals surface area (Å²) >= 11 is 0. The quantitative estimate of drug-likeness (QED) is 0.769. The lowest BCUT2D eigenvalue weighted by molar-refractivity contribution is 1.19. The first-order valence-electron chi connectivity index (χ1n) is 5.19. The first-order chi connectivity index (χ1) is 8.17. The predicted molar refractivity (Wildman–Crippen MR) is 67.8 cm³/mol. The van der Waals surface area contributed by atoms with Gasteiger partial charge in [-0.25, -0.2) is 4.98 Å². The largest absolute Gasteiger partial charge is 0.399 e. The molecular weight excluding hydrogens is 212 g/mol. The van der Waals surface area contributed by atoms with Gasteiger partial charge in [0.1, 0.15) is 5.82 Å². The lowest BCUT2D eigenvalue weighted by Crippen LogP contribution is -1.96. The SMILES string of the molecule is Cc1cc(C#N)cc(Nc2ccc(N)cc2)n1. The van der Waals surface area contributed by atoms with Gasteiger partial charge >= 0.3 is 0 Å². The Bertz CT molecular complexity index is 567. The highest BCUT2D eigenvalue weighted by molar-refractivity contribution is 5.60. The summed E-state index contributed by atoms with van der Waals surface area (Å²) < 4.78 is 0. The number of hydrogen-bond donors (Lipinski definition) is 2. The fourth-order valence-corrected chi connectivity index (χ4v) is 1.51. The van der Waals surface area contributed by atoms with E-state index >= 15 is 0 Å². The average molecular weight is 224 g/mol. The highest BCUT2D eigenvalue weighted by Gasteiger charge is 2.00. The molecule has 0 unspecified atom stereocenters. The lowest BCUT2D eigenvalue weighted by Gasteiger charge is -2.07. The van der Waals surface area contributed by atoms with Crippen LogP contribution in [-0.2, 0) is 0 Å². The lowest BCUT2D eigenvalue weighted by atomic mass is 10.2. The van der Waals surface area contributed by atoms with Gasteiger partial charge in [0.15, 0.2) is 0 Å². The molecule has 0 radical (unpaired) electrons. The van der Waals surface area contributed by atoms with E-state index in [1.807, 2.05) is 31.2 Å². The van der Waals surface area contributed by atoms with Crippen LogP contribution < -0.4 is 11.1 Å². The molecule has 0 saturated carbocycles. The second kappa shape index (κ2) is 4.54. The fourth-order valence-electron chi connectivity index (χ4n) is 1.51. The van der Waals surface area contributed by atoms with E-state index in [1.54, 1.807) is 12.1 Å². The van der Waals surface area contributed by atoms with E-state index in [9.17, 15) is 0 Å². The van der Waals surface area contributed by atoms with Crippen LogP contribution in [0.15, 0.2) is 36.4 Å². The van der Waals surface area contributed by atoms with Crippen molar-refractivity contribution in [3.63, 3.8) is 0 Å². The standard InChI is InChI=1S/C13H12N4/c1-9-6-10(8-14)7-13(16-9)17-12-4-2-11(15)3-5-12/h2-7H,15H2,1H3,(H,16,17). The topological polar surface area (TPSA) is 74.7 Å². The minimum atomic E-state index is 0.593. The maximum absolute atomic E-state index is 8.87. The zero-order valence-electron chi connectivity index (χ0n) is 9.44. The molecule has 0 saturated heterocycles. The molecule has 1 aromatic carbocycles. The molecule has 2 rings (SSSR count). The number of rotatable bonds is 2. The molecule has 0 bridgehead atoms. The van der Waals surface area contributed by atoms with Crippen molar-refractivity contribution in [1.29, 1.82) is 5.26 Å². The van der Waals surface area contributed by atoms with Gasteiger partial charge in [-0.15, -0.1) is 0 Å². The summed E-state index contributed by atoms with van der Waals surface area (Å²) in [6, 6.07) is 12.9. The van der Waals surface area contributed by atoms with Gasteiger partial charge in [0.25, 0.3) is 0 Å². The molecule has 1 heterocycles. The van der Waals surface area contributed by atoms with Crippen molar-refractivity contribution in [2.24, 2.45) is 0 Å². The summed E-state index contributed by atoms with van der Waals surface area (Å²) in [5.41, 5.74) is 8.61. The molecule has 0 fully saturated rings. The molecule has 4 heteroatoms. The Morgan fingerprint density at radius 1 is 1.24 bits per heavy atom. The third kappa shape index (κ3) is 2.73. The summed E-state index contributed by atoms with van der Waals surface area (Å²) in [6.07, 6.45) is 0. The highest BCUT2D eigenvalue weighted by Crippen LogP contribution is 2.17. The maximum Gasteiger partial charge on any atom is 0.131 e. The number of nitrogens with one attached hydrogen (secondary N) is 1. The summed E-state index contributed by atoms with van der Waals surface area (Å²) in [5.74, 6) is 0.659. The zero-order valence-corrected chi connectivity index (χ0v) is 9.44. The number of hydrogen-bond acceptors (Lipinski definition) is 4. The second-order valence-electron chi connectivity index (χ2n) is 3.74. The Morgan fingerprint density at radius 3 is 2.59 bits per heavy atom. The minimum absolute atomic E-state index is 0.593. The van der Waals surface area contributed by atoms with Crippen molar-refractivity contribution in [2.45, 2.75) is 6.92 Å². The van der Waals surface area contributed by atoms with Gasteiger partial charge in [-0.05, 0) is 43.3 Å². The van der Waals surface area contributed by atoms with Crippen LogP contribution in [-0.4, -0.2) is 4.98 Å². The van der Waals surface area contributed by atoms with E-state index < -0.39 is 0 Å². The summed E-state index contributed by atoms with van der Waals surface area (Å²) in [4.78, 5) is 4.31. The number of aryl methyl sites for hydroxylation is 1. The Labute approximate surface area is 99.7 Å². The fraction of sp³-hybridized carbons (Fsp3) is 0.0769. The summed E-state index contributed by atoms with van der Waals surface area (Å²) in [7, 11) is 0. The first-order valence-corrected chi connectivity index (χ1v) is 5.19. The van der Waals surface area contributed by atoms with Gasteiger partial charge in [0.2, 0.25) is 0 Å². The summed E-state index contributed by atoms with van der Waals surface area (Å²) in [5, 5.41) is 12.0. The third-order valence-corrected chi connectivity index (χ3v) is 2.27. The van der Waals surface area contributed by atoms with Crippen LogP contribution in [0, 0.1) is 18.3 Å². The molecule has 84 valence electrons. The Hall–Kier alpha value is -2.54. The van der Waals surface area contributed by atoms with E-state index in [2.05, 4.69) is 16.4 Å². The van der Waals surface area contributed by atoms with Crippen molar-refractivity contribution < 1.29 is 0 Å². The van der Waals surface area contributed by atoms with Crippen LogP contribution in [0.25, 0.3) is 0 Å². The molecule has 0 amide bonds. The highest BCUT2D eigenvalue weighted by atomic mass is 15.0. The molecule has 1 aromatic heterocycles. The third-order valence-electron chi connectivity index (χ3n) is 2.27. The molecule has 4 nitrogen and oxygen atoms in total. The maximum atomic E-state index is 8.87. The van der Waals surface area contributed by atoms with E-state index in [-0.39, 0.29) is 0 Å². The van der Waals surface area contributed by atoms with Crippen LogP contribution in [0.3, 0.4) is 0 Å². The molecule has 0 atom stereocenters. The van der Waals surface area contributed by atoms with E-state index in [1.165, 1.54) is 0 Å². The van der Waals surface area contributed by atoms with Crippen molar-refractivity contribution >= 4 is 17.2 Å². The monoisotopic (exact) mass is 224 g/mol. The Morgan fingerprint density at radius 2 is 1.94 bits per heavy atom. The van der Waals surface area contributed by atoms with E-state index in [0.717, 1.165) is 11.4 Å². The molecule has 0 aliphatic carbocycles. The van der Waals surface area contributed by atoms with E-state index in [0.29, 0.717) is 17.1 Å². The molecule has 3 N–H and O–H groups in total. The molecule has 17 heavy (non-hydrogen) atoms. The summed E-state index contributed by atoms with van der Waals surface area (Å²) in [6.45, 7) is 1.86. The number of nitrogens with zero attached hydrogens (tertiary/aromatic N) is 2. The van der Waals surface area contributed by atoms with Crippen molar-refractivity contribution in [1.82, 2.24) is 4.98 Å². The number of nitriles is 1. The smallest absolute Gasteiger partial charge is 0.131 e. The molecule has 0 aliphatic rings. The second-order valence-corrected chi connectivity index (χ2v) is 3.74. The molecule has 0 aliphatic heterocycles. The van der Waals surface area contributed by atoms with Gasteiger partial charge in [-0.3, -0.25) is 0 Å². The Balaban J connectivity index is 2.27. The normalized spacial score (nSPS) is 9.65. The van der Waals surface area contributed by atoms with Crippen molar-refractivity contribution in [3.05, 3.63) is 47.7 Å². The van der Waals surface area contributed by atoms with Crippen LogP contribution in [0.1, 0.15) is 11.3 Å². The number of anilines is 3. The number of benzene rings is 1.